The zero-order chi connectivity index (χ0) is 26.3. The van der Waals surface area contributed by atoms with Gasteiger partial charge in [0.2, 0.25) is 5.91 Å². The third-order valence-corrected chi connectivity index (χ3v) is 7.50. The normalized spacial score (nSPS) is 22.0. The van der Waals surface area contributed by atoms with Gasteiger partial charge in [0, 0.05) is 31.6 Å². The van der Waals surface area contributed by atoms with E-state index >= 15 is 0 Å². The van der Waals surface area contributed by atoms with Crippen LogP contribution < -0.4 is 5.32 Å². The lowest BCUT2D eigenvalue weighted by molar-refractivity contribution is -0.191. The van der Waals surface area contributed by atoms with Gasteiger partial charge in [-0.3, -0.25) is 9.78 Å². The number of nitrogens with one attached hydrogen (secondary N) is 1. The summed E-state index contributed by atoms with van der Waals surface area (Å²) in [5, 5.41) is 12.6. The number of carbonyl (C=O) groups is 2. The van der Waals surface area contributed by atoms with Crippen LogP contribution in [0.15, 0.2) is 42.6 Å². The fourth-order valence-electron chi connectivity index (χ4n) is 5.43. The Balaban J connectivity index is 1.50. The minimum atomic E-state index is -4.75. The highest BCUT2D eigenvalue weighted by molar-refractivity contribution is 5.80. The Kier molecular flexibility index (Phi) is 6.90. The number of fused-ring (bicyclic) bond motifs is 1. The van der Waals surface area contributed by atoms with Gasteiger partial charge in [-0.25, -0.2) is 4.79 Å². The van der Waals surface area contributed by atoms with Gasteiger partial charge in [0.25, 0.3) is 0 Å². The Bertz CT molecular complexity index is 1120. The zero-order valence-corrected chi connectivity index (χ0v) is 20.5. The fraction of sp³-hybridized carbons (Fsp3) is 0.500. The monoisotopic (exact) mass is 504 g/mol. The van der Waals surface area contributed by atoms with Crippen LogP contribution in [0.2, 0.25) is 0 Å². The van der Waals surface area contributed by atoms with Crippen LogP contribution in [-0.2, 0) is 16.6 Å². The summed E-state index contributed by atoms with van der Waals surface area (Å²) in [4.78, 5) is 30.1. The van der Waals surface area contributed by atoms with Gasteiger partial charge in [0.15, 0.2) is 6.04 Å². The van der Waals surface area contributed by atoms with Crippen LogP contribution >= 0.6 is 0 Å². The number of hydrogen-bond donors (Lipinski definition) is 2. The second-order valence-corrected chi connectivity index (χ2v) is 10.2. The number of benzene rings is 1. The maximum atomic E-state index is 14.1. The minimum Gasteiger partial charge on any atom is -0.465 e. The van der Waals surface area contributed by atoms with Crippen LogP contribution in [0, 0.1) is 5.92 Å². The molecule has 194 valence electrons. The zero-order valence-electron chi connectivity index (χ0n) is 20.5. The average molecular weight is 505 g/mol. The van der Waals surface area contributed by atoms with E-state index in [4.69, 9.17) is 0 Å². The lowest BCUT2D eigenvalue weighted by Gasteiger charge is -2.36. The molecule has 0 spiro atoms. The molecule has 4 rings (SSSR count). The molecule has 10 heteroatoms. The Labute approximate surface area is 208 Å². The van der Waals surface area contributed by atoms with Gasteiger partial charge in [0.05, 0.1) is 23.5 Å². The molecule has 2 N–H and O–H groups in total. The smallest absolute Gasteiger partial charge is 0.414 e. The average Bonchev–Trinajstić information content (AvgIpc) is 3.08. The number of aromatic nitrogens is 1. The number of alkyl halides is 3. The summed E-state index contributed by atoms with van der Waals surface area (Å²) in [5.41, 5.74) is 2.63. The fourth-order valence-corrected chi connectivity index (χ4v) is 5.43. The van der Waals surface area contributed by atoms with E-state index in [0.717, 1.165) is 18.4 Å². The maximum absolute atomic E-state index is 14.1. The molecule has 2 aliphatic rings. The molecule has 1 aromatic heterocycles. The molecule has 3 atom stereocenters. The topological polar surface area (TPSA) is 85.8 Å². The summed E-state index contributed by atoms with van der Waals surface area (Å²) >= 11 is 0. The van der Waals surface area contributed by atoms with Crippen LogP contribution in [0.25, 0.3) is 0 Å². The first kappa shape index (κ1) is 25.8. The van der Waals surface area contributed by atoms with Crippen molar-refractivity contribution < 1.29 is 27.9 Å². The van der Waals surface area contributed by atoms with Crippen molar-refractivity contribution in [3.05, 3.63) is 59.4 Å². The highest BCUT2D eigenvalue weighted by Crippen LogP contribution is 2.41. The molecular formula is C26H31F3N4O3. The van der Waals surface area contributed by atoms with Crippen molar-refractivity contribution in [2.45, 2.75) is 56.8 Å². The second-order valence-electron chi connectivity index (χ2n) is 10.2. The Hall–Kier alpha value is -3.30. The van der Waals surface area contributed by atoms with Crippen molar-refractivity contribution in [3.8, 4) is 0 Å². The molecule has 2 amide bonds. The van der Waals surface area contributed by atoms with Crippen molar-refractivity contribution in [1.29, 1.82) is 0 Å². The van der Waals surface area contributed by atoms with E-state index in [2.05, 4.69) is 36.3 Å². The molecule has 2 aromatic rings. The van der Waals surface area contributed by atoms with Gasteiger partial charge in [-0.1, -0.05) is 38.1 Å². The Morgan fingerprint density at radius 3 is 2.56 bits per heavy atom. The predicted molar refractivity (Wildman–Crippen MR) is 129 cm³/mol. The first-order chi connectivity index (χ1) is 16.9. The van der Waals surface area contributed by atoms with E-state index in [-0.39, 0.29) is 30.2 Å². The molecule has 1 fully saturated rings. The first-order valence-electron chi connectivity index (χ1n) is 12.0. The number of carboxylic acid groups (broad SMARTS) is 1. The van der Waals surface area contributed by atoms with E-state index in [0.29, 0.717) is 23.4 Å². The van der Waals surface area contributed by atoms with E-state index in [1.165, 1.54) is 23.4 Å². The van der Waals surface area contributed by atoms with Crippen molar-refractivity contribution in [2.24, 2.45) is 5.92 Å². The first-order valence-corrected chi connectivity index (χ1v) is 12.0. The number of hydrogen-bond acceptors (Lipinski definition) is 4. The third kappa shape index (κ3) is 4.99. The number of rotatable bonds is 5. The van der Waals surface area contributed by atoms with E-state index in [9.17, 15) is 27.9 Å². The van der Waals surface area contributed by atoms with Crippen LogP contribution in [0.1, 0.15) is 49.6 Å². The standard InChI is InChI=1S/C26H31F3N4O3/c1-25(2)19-9-5-4-7-16(19)13-21(25)31-18-10-11-20(30-14-18)22(26(27,28)29)32(3)23(34)17-8-6-12-33(15-17)24(35)36/h4-5,7,9-11,14,17,21-22,31H,6,8,12-13,15H2,1-3H3,(H,35,36)/t17?,21?,22-/m0/s1. The van der Waals surface area contributed by atoms with Crippen molar-refractivity contribution in [3.63, 3.8) is 0 Å². The summed E-state index contributed by atoms with van der Waals surface area (Å²) in [5.74, 6) is -1.56. The van der Waals surface area contributed by atoms with Crippen molar-refractivity contribution in [2.75, 3.05) is 25.5 Å². The lowest BCUT2D eigenvalue weighted by Crippen LogP contribution is -2.48. The van der Waals surface area contributed by atoms with E-state index in [1.54, 1.807) is 6.07 Å². The van der Waals surface area contributed by atoms with Crippen molar-refractivity contribution in [1.82, 2.24) is 14.8 Å². The van der Waals surface area contributed by atoms with Gasteiger partial charge >= 0.3 is 12.3 Å². The summed E-state index contributed by atoms with van der Waals surface area (Å²) in [6, 6.07) is 8.86. The molecule has 2 heterocycles. The van der Waals surface area contributed by atoms with Gasteiger partial charge in [0.1, 0.15) is 0 Å². The molecule has 0 radical (unpaired) electrons. The number of anilines is 1. The molecule has 2 unspecified atom stereocenters. The van der Waals surface area contributed by atoms with Gasteiger partial charge < -0.3 is 20.2 Å². The maximum Gasteiger partial charge on any atom is 0.414 e. The molecular weight excluding hydrogens is 473 g/mol. The van der Waals surface area contributed by atoms with E-state index < -0.39 is 30.1 Å². The molecule has 0 bridgehead atoms. The number of amides is 2. The molecule has 7 nitrogen and oxygen atoms in total. The minimum absolute atomic E-state index is 0.0497. The van der Waals surface area contributed by atoms with Gasteiger partial charge in [-0.05, 0) is 42.5 Å². The summed E-state index contributed by atoms with van der Waals surface area (Å²) < 4.78 is 42.3. The van der Waals surface area contributed by atoms with Crippen molar-refractivity contribution >= 4 is 17.7 Å². The third-order valence-electron chi connectivity index (χ3n) is 7.50. The number of likely N-dealkylation sites (tertiary alicyclic amines) is 1. The molecule has 1 aliphatic heterocycles. The van der Waals surface area contributed by atoms with E-state index in [1.807, 2.05) is 12.1 Å². The summed E-state index contributed by atoms with van der Waals surface area (Å²) in [6.45, 7) is 4.42. The largest absolute Gasteiger partial charge is 0.465 e. The molecule has 0 saturated carbocycles. The second kappa shape index (κ2) is 9.63. The number of piperidine rings is 1. The van der Waals surface area contributed by atoms with Gasteiger partial charge in [-0.2, -0.15) is 13.2 Å². The van der Waals surface area contributed by atoms with Crippen LogP contribution in [0.4, 0.5) is 23.7 Å². The molecule has 36 heavy (non-hydrogen) atoms. The molecule has 1 saturated heterocycles. The number of carbonyl (C=O) groups excluding carboxylic acids is 1. The predicted octanol–water partition coefficient (Wildman–Crippen LogP) is 4.85. The van der Waals surface area contributed by atoms with Crippen LogP contribution in [-0.4, -0.2) is 64.2 Å². The highest BCUT2D eigenvalue weighted by atomic mass is 19.4. The summed E-state index contributed by atoms with van der Waals surface area (Å²) in [6.07, 6.45) is -3.00. The Morgan fingerprint density at radius 1 is 1.22 bits per heavy atom. The molecule has 1 aliphatic carbocycles. The number of pyridine rings is 1. The molecule has 1 aromatic carbocycles. The SMILES string of the molecule is CN(C(=O)C1CCCN(C(=O)O)C1)[C@@H](c1ccc(NC2Cc3ccccc3C2(C)C)cn1)C(F)(F)F. The summed E-state index contributed by atoms with van der Waals surface area (Å²) in [7, 11) is 1.10. The Morgan fingerprint density at radius 2 is 1.94 bits per heavy atom. The number of nitrogens with zero attached hydrogens (tertiary/aromatic N) is 3. The lowest BCUT2D eigenvalue weighted by atomic mass is 9.83. The quantitative estimate of drug-likeness (QED) is 0.608. The number of halogens is 3. The highest BCUT2D eigenvalue weighted by Gasteiger charge is 2.47. The van der Waals surface area contributed by atoms with Crippen LogP contribution in [0.5, 0.6) is 0 Å². The van der Waals surface area contributed by atoms with Crippen LogP contribution in [0.3, 0.4) is 0 Å². The van der Waals surface area contributed by atoms with Gasteiger partial charge in [-0.15, -0.1) is 0 Å².